The van der Waals surface area contributed by atoms with Crippen molar-refractivity contribution >= 4 is 5.97 Å². The van der Waals surface area contributed by atoms with E-state index in [9.17, 15) is 4.79 Å². The van der Waals surface area contributed by atoms with Crippen molar-refractivity contribution in [1.82, 2.24) is 4.98 Å². The summed E-state index contributed by atoms with van der Waals surface area (Å²) < 4.78 is 11.1. The van der Waals surface area contributed by atoms with Gasteiger partial charge in [0.15, 0.2) is 12.4 Å². The summed E-state index contributed by atoms with van der Waals surface area (Å²) in [5, 5.41) is 0. The van der Waals surface area contributed by atoms with Gasteiger partial charge in [0.1, 0.15) is 0 Å². The van der Waals surface area contributed by atoms with Gasteiger partial charge in [0.2, 0.25) is 5.89 Å². The van der Waals surface area contributed by atoms with Gasteiger partial charge in [-0.1, -0.05) is 55.8 Å². The molecule has 0 unspecified atom stereocenters. The highest BCUT2D eigenvalue weighted by atomic mass is 16.5. The smallest absolute Gasteiger partial charge is 0.310 e. The number of esters is 1. The van der Waals surface area contributed by atoms with Crippen LogP contribution in [-0.4, -0.2) is 11.0 Å². The number of hydrogen-bond acceptors (Lipinski definition) is 4. The van der Waals surface area contributed by atoms with Gasteiger partial charge in [-0.25, -0.2) is 4.98 Å². The van der Waals surface area contributed by atoms with Gasteiger partial charge in [-0.05, 0) is 25.2 Å². The highest BCUT2D eigenvalue weighted by Crippen LogP contribution is 2.59. The number of carbonyl (C=O) groups is 1. The summed E-state index contributed by atoms with van der Waals surface area (Å²) in [6, 6.07) is 9.73. The quantitative estimate of drug-likeness (QED) is 0.594. The first-order valence-corrected chi connectivity index (χ1v) is 8.21. The summed E-state index contributed by atoms with van der Waals surface area (Å²) >= 11 is 0. The number of nitrogens with zero attached hydrogens (tertiary/aromatic N) is 1. The van der Waals surface area contributed by atoms with E-state index in [-0.39, 0.29) is 29.8 Å². The van der Waals surface area contributed by atoms with Crippen LogP contribution in [0.15, 0.2) is 52.6 Å². The van der Waals surface area contributed by atoms with Crippen molar-refractivity contribution < 1.29 is 13.9 Å². The molecule has 1 heterocycles. The van der Waals surface area contributed by atoms with E-state index >= 15 is 0 Å². The fraction of sp³-hybridized carbons (Fsp3) is 0.400. The van der Waals surface area contributed by atoms with Crippen molar-refractivity contribution in [1.29, 1.82) is 0 Å². The van der Waals surface area contributed by atoms with Crippen molar-refractivity contribution in [3.8, 4) is 11.3 Å². The Bertz CT molecular complexity index is 754. The van der Waals surface area contributed by atoms with E-state index in [1.165, 1.54) is 5.57 Å². The fourth-order valence-electron chi connectivity index (χ4n) is 3.13. The molecule has 1 aromatic heterocycles. The lowest BCUT2D eigenvalue weighted by atomic mass is 10.1. The minimum absolute atomic E-state index is 0.0415. The first kappa shape index (κ1) is 16.5. The van der Waals surface area contributed by atoms with Crippen LogP contribution in [0.5, 0.6) is 0 Å². The van der Waals surface area contributed by atoms with E-state index in [1.54, 1.807) is 6.20 Å². The molecule has 2 aromatic rings. The molecule has 2 atom stereocenters. The van der Waals surface area contributed by atoms with Gasteiger partial charge in [0.25, 0.3) is 0 Å². The van der Waals surface area contributed by atoms with Gasteiger partial charge >= 0.3 is 5.97 Å². The molecule has 0 saturated heterocycles. The molecule has 0 aliphatic heterocycles. The Hall–Kier alpha value is -2.36. The van der Waals surface area contributed by atoms with Gasteiger partial charge in [-0.15, -0.1) is 0 Å². The van der Waals surface area contributed by atoms with Crippen molar-refractivity contribution in [2.45, 2.75) is 34.3 Å². The molecule has 1 saturated carbocycles. The molecular formula is C20H23NO3. The predicted octanol–water partition coefficient (Wildman–Crippen LogP) is 4.62. The molecule has 3 rings (SSSR count). The third kappa shape index (κ3) is 3.28. The molecule has 24 heavy (non-hydrogen) atoms. The van der Waals surface area contributed by atoms with Crippen LogP contribution < -0.4 is 0 Å². The number of aromatic nitrogens is 1. The molecule has 4 heteroatoms. The van der Waals surface area contributed by atoms with E-state index in [1.807, 2.05) is 30.3 Å². The number of allylic oxidation sites excluding steroid dienone is 2. The van der Waals surface area contributed by atoms with E-state index < -0.39 is 0 Å². The molecule has 0 spiro atoms. The van der Waals surface area contributed by atoms with E-state index in [2.05, 4.69) is 38.8 Å². The van der Waals surface area contributed by atoms with Crippen LogP contribution in [0.4, 0.5) is 0 Å². The number of carbonyl (C=O) groups excluding carboxylic acids is 1. The standard InChI is InChI=1S/C20H23NO3/c1-13(2)10-15-18(20(15,3)4)19(22)23-12-17-21-11-16(24-17)14-8-6-5-7-9-14/h5-11,15,18H,12H2,1-4H3/t15-,18+/m1/s1. The first-order valence-electron chi connectivity index (χ1n) is 8.21. The summed E-state index contributed by atoms with van der Waals surface area (Å²) in [6.07, 6.45) is 3.82. The molecule has 0 N–H and O–H groups in total. The summed E-state index contributed by atoms with van der Waals surface area (Å²) in [4.78, 5) is 16.5. The van der Waals surface area contributed by atoms with Gasteiger partial charge in [-0.3, -0.25) is 4.79 Å². The molecule has 4 nitrogen and oxygen atoms in total. The van der Waals surface area contributed by atoms with Gasteiger partial charge in [0.05, 0.1) is 12.1 Å². The van der Waals surface area contributed by atoms with Gasteiger partial charge in [0, 0.05) is 5.56 Å². The average Bonchev–Trinajstić information content (AvgIpc) is 2.90. The highest BCUT2D eigenvalue weighted by Gasteiger charge is 2.61. The van der Waals surface area contributed by atoms with Gasteiger partial charge in [-0.2, -0.15) is 0 Å². The predicted molar refractivity (Wildman–Crippen MR) is 91.9 cm³/mol. The second-order valence-corrected chi connectivity index (χ2v) is 7.16. The van der Waals surface area contributed by atoms with E-state index in [4.69, 9.17) is 9.15 Å². The molecule has 1 aromatic carbocycles. The maximum Gasteiger partial charge on any atom is 0.310 e. The highest BCUT2D eigenvalue weighted by molar-refractivity contribution is 5.78. The Morgan fingerprint density at radius 2 is 2.00 bits per heavy atom. The summed E-state index contributed by atoms with van der Waals surface area (Å²) in [5.74, 6) is 1.08. The zero-order valence-electron chi connectivity index (χ0n) is 14.6. The Labute approximate surface area is 142 Å². The second kappa shape index (κ2) is 6.27. The van der Waals surface area contributed by atoms with Crippen molar-refractivity contribution in [3.63, 3.8) is 0 Å². The van der Waals surface area contributed by atoms with Crippen LogP contribution >= 0.6 is 0 Å². The fourth-order valence-corrected chi connectivity index (χ4v) is 3.13. The lowest BCUT2D eigenvalue weighted by Gasteiger charge is -2.03. The molecule has 1 fully saturated rings. The van der Waals surface area contributed by atoms with Crippen LogP contribution in [0.25, 0.3) is 11.3 Å². The van der Waals surface area contributed by atoms with Crippen molar-refractivity contribution in [2.24, 2.45) is 17.3 Å². The third-order valence-corrected chi connectivity index (χ3v) is 4.63. The molecule has 0 bridgehead atoms. The normalized spacial score (nSPS) is 21.2. The third-order valence-electron chi connectivity index (χ3n) is 4.63. The summed E-state index contributed by atoms with van der Waals surface area (Å²) in [5.41, 5.74) is 2.14. The lowest BCUT2D eigenvalue weighted by Crippen LogP contribution is -2.10. The van der Waals surface area contributed by atoms with Crippen LogP contribution in [0.1, 0.15) is 33.6 Å². The molecule has 1 aliphatic rings. The molecule has 0 amide bonds. The van der Waals surface area contributed by atoms with Crippen LogP contribution in [-0.2, 0) is 16.1 Å². The largest absolute Gasteiger partial charge is 0.455 e. The number of hydrogen-bond donors (Lipinski definition) is 0. The number of oxazole rings is 1. The Balaban J connectivity index is 1.60. The number of rotatable bonds is 5. The lowest BCUT2D eigenvalue weighted by molar-refractivity contribution is -0.148. The van der Waals surface area contributed by atoms with E-state index in [0.29, 0.717) is 11.7 Å². The Morgan fingerprint density at radius 1 is 1.29 bits per heavy atom. The molecular weight excluding hydrogens is 302 g/mol. The monoisotopic (exact) mass is 325 g/mol. The van der Waals surface area contributed by atoms with Crippen LogP contribution in [0.2, 0.25) is 0 Å². The maximum absolute atomic E-state index is 12.3. The molecule has 0 radical (unpaired) electrons. The Morgan fingerprint density at radius 3 is 2.67 bits per heavy atom. The van der Waals surface area contributed by atoms with Gasteiger partial charge < -0.3 is 9.15 Å². The zero-order chi connectivity index (χ0) is 17.3. The number of ether oxygens (including phenoxy) is 1. The Kier molecular flexibility index (Phi) is 4.31. The van der Waals surface area contributed by atoms with Crippen LogP contribution in [0, 0.1) is 17.3 Å². The molecule has 1 aliphatic carbocycles. The summed E-state index contributed by atoms with van der Waals surface area (Å²) in [7, 11) is 0. The van der Waals surface area contributed by atoms with Crippen molar-refractivity contribution in [3.05, 3.63) is 54.1 Å². The minimum Gasteiger partial charge on any atom is -0.455 e. The maximum atomic E-state index is 12.3. The zero-order valence-corrected chi connectivity index (χ0v) is 14.6. The average molecular weight is 325 g/mol. The minimum atomic E-state index is -0.179. The summed E-state index contributed by atoms with van der Waals surface area (Å²) in [6.45, 7) is 8.37. The first-order chi connectivity index (χ1) is 11.4. The topological polar surface area (TPSA) is 52.3 Å². The van der Waals surface area contributed by atoms with Crippen molar-refractivity contribution in [2.75, 3.05) is 0 Å². The number of benzene rings is 1. The second-order valence-electron chi connectivity index (χ2n) is 7.16. The molecule has 126 valence electrons. The van der Waals surface area contributed by atoms with Crippen LogP contribution in [0.3, 0.4) is 0 Å². The van der Waals surface area contributed by atoms with E-state index in [0.717, 1.165) is 5.56 Å². The SMILES string of the molecule is CC(C)=C[C@@H]1[C@@H](C(=O)OCc2ncc(-c3ccccc3)o2)C1(C)C.